The lowest BCUT2D eigenvalue weighted by atomic mass is 9.88. The van der Waals surface area contributed by atoms with Gasteiger partial charge in [0.05, 0.1) is 10.6 Å². The maximum Gasteiger partial charge on any atom is 0.253 e. The molecule has 0 saturated carbocycles. The molecule has 1 unspecified atom stereocenters. The first kappa shape index (κ1) is 14.3. The second-order valence-corrected chi connectivity index (χ2v) is 5.82. The molecule has 1 aromatic heterocycles. The summed E-state index contributed by atoms with van der Waals surface area (Å²) in [6.07, 6.45) is 1.42. The Morgan fingerprint density at radius 1 is 1.41 bits per heavy atom. The smallest absolute Gasteiger partial charge is 0.253 e. The summed E-state index contributed by atoms with van der Waals surface area (Å²) in [6, 6.07) is 1.56. The molecule has 0 saturated heterocycles. The van der Waals surface area contributed by atoms with Gasteiger partial charge in [0.2, 0.25) is 0 Å². The average Bonchev–Trinajstić information content (AvgIpc) is 2.20. The molecule has 0 bridgehead atoms. The van der Waals surface area contributed by atoms with Crippen molar-refractivity contribution in [2.75, 3.05) is 0 Å². The molecule has 1 heterocycles. The normalized spacial score (nSPS) is 13.3. The number of pyridine rings is 1. The van der Waals surface area contributed by atoms with Gasteiger partial charge in [-0.1, -0.05) is 44.0 Å². The minimum Gasteiger partial charge on any atom is -0.349 e. The van der Waals surface area contributed by atoms with Crippen molar-refractivity contribution in [2.24, 2.45) is 5.41 Å². The van der Waals surface area contributed by atoms with Crippen LogP contribution in [0.2, 0.25) is 10.2 Å². The fraction of sp³-hybridized carbons (Fsp3) is 0.500. The molecule has 0 aromatic carbocycles. The predicted molar refractivity (Wildman–Crippen MR) is 70.6 cm³/mol. The molecule has 1 N–H and O–H groups in total. The number of nitrogens with zero attached hydrogens (tertiary/aromatic N) is 1. The van der Waals surface area contributed by atoms with Crippen LogP contribution >= 0.6 is 23.2 Å². The molecule has 1 amide bonds. The van der Waals surface area contributed by atoms with E-state index in [2.05, 4.69) is 31.1 Å². The van der Waals surface area contributed by atoms with E-state index in [1.807, 2.05) is 6.92 Å². The van der Waals surface area contributed by atoms with Crippen LogP contribution in [-0.2, 0) is 0 Å². The van der Waals surface area contributed by atoms with Gasteiger partial charge >= 0.3 is 0 Å². The van der Waals surface area contributed by atoms with Crippen LogP contribution < -0.4 is 5.32 Å². The van der Waals surface area contributed by atoms with Gasteiger partial charge in [0.1, 0.15) is 5.15 Å². The summed E-state index contributed by atoms with van der Waals surface area (Å²) < 4.78 is 0. The lowest BCUT2D eigenvalue weighted by Gasteiger charge is -2.28. The Morgan fingerprint density at radius 3 is 2.47 bits per heavy atom. The Hall–Kier alpha value is -0.800. The number of halogens is 2. The van der Waals surface area contributed by atoms with Crippen LogP contribution in [0.3, 0.4) is 0 Å². The number of hydrogen-bond donors (Lipinski definition) is 1. The van der Waals surface area contributed by atoms with Crippen LogP contribution in [0.1, 0.15) is 38.1 Å². The topological polar surface area (TPSA) is 42.0 Å². The van der Waals surface area contributed by atoms with Crippen LogP contribution in [0.15, 0.2) is 12.3 Å². The molecule has 0 spiro atoms. The van der Waals surface area contributed by atoms with Gasteiger partial charge in [-0.15, -0.1) is 0 Å². The van der Waals surface area contributed by atoms with Gasteiger partial charge in [-0.05, 0) is 18.4 Å². The first-order valence-corrected chi connectivity index (χ1v) is 6.09. The number of hydrogen-bond acceptors (Lipinski definition) is 2. The Bertz CT molecular complexity index is 427. The second-order valence-electron chi connectivity index (χ2n) is 5.06. The average molecular weight is 275 g/mol. The van der Waals surface area contributed by atoms with Crippen LogP contribution in [-0.4, -0.2) is 16.9 Å². The van der Waals surface area contributed by atoms with Crippen molar-refractivity contribution in [1.29, 1.82) is 0 Å². The van der Waals surface area contributed by atoms with Crippen molar-refractivity contribution < 1.29 is 4.79 Å². The Balaban J connectivity index is 2.80. The molecule has 0 fully saturated rings. The van der Waals surface area contributed by atoms with Crippen LogP contribution in [0, 0.1) is 5.41 Å². The number of aromatic nitrogens is 1. The van der Waals surface area contributed by atoms with E-state index in [1.54, 1.807) is 0 Å². The van der Waals surface area contributed by atoms with Crippen molar-refractivity contribution in [3.63, 3.8) is 0 Å². The van der Waals surface area contributed by atoms with E-state index in [0.717, 1.165) is 0 Å². The Labute approximate surface area is 112 Å². The molecule has 1 atom stereocenters. The molecule has 1 aromatic rings. The van der Waals surface area contributed by atoms with Crippen molar-refractivity contribution in [2.45, 2.75) is 33.7 Å². The summed E-state index contributed by atoms with van der Waals surface area (Å²) in [6.45, 7) is 8.14. The molecule has 17 heavy (non-hydrogen) atoms. The van der Waals surface area contributed by atoms with E-state index in [4.69, 9.17) is 23.2 Å². The van der Waals surface area contributed by atoms with Crippen LogP contribution in [0.4, 0.5) is 0 Å². The van der Waals surface area contributed by atoms with Gasteiger partial charge in [-0.25, -0.2) is 4.98 Å². The quantitative estimate of drug-likeness (QED) is 0.838. The largest absolute Gasteiger partial charge is 0.349 e. The van der Waals surface area contributed by atoms with E-state index in [-0.39, 0.29) is 27.5 Å². The van der Waals surface area contributed by atoms with Gasteiger partial charge in [0, 0.05) is 12.2 Å². The van der Waals surface area contributed by atoms with Gasteiger partial charge in [-0.2, -0.15) is 0 Å². The van der Waals surface area contributed by atoms with Gasteiger partial charge in [-0.3, -0.25) is 4.79 Å². The standard InChI is InChI=1S/C12H16Cl2N2O/c1-7(12(2,3)4)16-11(17)8-5-9(13)10(14)15-6-8/h5-7H,1-4H3,(H,16,17). The molecule has 94 valence electrons. The zero-order chi connectivity index (χ0) is 13.2. The van der Waals surface area contributed by atoms with E-state index < -0.39 is 0 Å². The van der Waals surface area contributed by atoms with Crippen molar-refractivity contribution >= 4 is 29.1 Å². The number of rotatable bonds is 2. The maximum atomic E-state index is 11.9. The lowest BCUT2D eigenvalue weighted by molar-refractivity contribution is 0.0910. The highest BCUT2D eigenvalue weighted by atomic mass is 35.5. The Morgan fingerprint density at radius 2 is 2.00 bits per heavy atom. The Kier molecular flexibility index (Phi) is 4.39. The zero-order valence-electron chi connectivity index (χ0n) is 10.3. The van der Waals surface area contributed by atoms with Crippen LogP contribution in [0.5, 0.6) is 0 Å². The first-order valence-electron chi connectivity index (χ1n) is 5.33. The fourth-order valence-electron chi connectivity index (χ4n) is 1.04. The number of carbonyl (C=O) groups excluding carboxylic acids is 1. The lowest BCUT2D eigenvalue weighted by Crippen LogP contribution is -2.41. The highest BCUT2D eigenvalue weighted by Gasteiger charge is 2.22. The molecule has 0 aliphatic heterocycles. The predicted octanol–water partition coefficient (Wildman–Crippen LogP) is 3.55. The minimum absolute atomic E-state index is 0.000686. The van der Waals surface area contributed by atoms with E-state index in [0.29, 0.717) is 5.56 Å². The number of nitrogens with one attached hydrogen (secondary N) is 1. The molecule has 1 rings (SSSR count). The number of amides is 1. The molecule has 3 nitrogen and oxygen atoms in total. The highest BCUT2D eigenvalue weighted by molar-refractivity contribution is 6.41. The molecule has 5 heteroatoms. The summed E-state index contributed by atoms with van der Waals surface area (Å²) in [5.41, 5.74) is 0.412. The SMILES string of the molecule is CC(NC(=O)c1cnc(Cl)c(Cl)c1)C(C)(C)C. The summed E-state index contributed by atoms with van der Waals surface area (Å²) in [4.78, 5) is 15.8. The minimum atomic E-state index is -0.196. The molecule has 0 aliphatic carbocycles. The van der Waals surface area contributed by atoms with E-state index in [9.17, 15) is 4.79 Å². The van der Waals surface area contributed by atoms with Crippen LogP contribution in [0.25, 0.3) is 0 Å². The van der Waals surface area contributed by atoms with E-state index >= 15 is 0 Å². The monoisotopic (exact) mass is 274 g/mol. The highest BCUT2D eigenvalue weighted by Crippen LogP contribution is 2.21. The first-order chi connectivity index (χ1) is 7.71. The van der Waals surface area contributed by atoms with Crippen molar-refractivity contribution in [3.8, 4) is 0 Å². The molecular weight excluding hydrogens is 259 g/mol. The summed E-state index contributed by atoms with van der Waals surface area (Å²) in [5, 5.41) is 3.38. The zero-order valence-corrected chi connectivity index (χ0v) is 11.9. The van der Waals surface area contributed by atoms with Gasteiger partial charge in [0.25, 0.3) is 5.91 Å². The molecular formula is C12H16Cl2N2O. The summed E-state index contributed by atoms with van der Waals surface area (Å²) >= 11 is 11.5. The third kappa shape index (κ3) is 3.86. The van der Waals surface area contributed by atoms with Gasteiger partial charge < -0.3 is 5.32 Å². The fourth-order valence-corrected chi connectivity index (χ4v) is 1.31. The van der Waals surface area contributed by atoms with E-state index in [1.165, 1.54) is 12.3 Å². The third-order valence-electron chi connectivity index (χ3n) is 2.71. The summed E-state index contributed by atoms with van der Waals surface area (Å²) in [7, 11) is 0. The molecule has 0 radical (unpaired) electrons. The second kappa shape index (κ2) is 5.23. The number of carbonyl (C=O) groups is 1. The van der Waals surface area contributed by atoms with Crippen molar-refractivity contribution in [3.05, 3.63) is 28.0 Å². The molecule has 0 aliphatic rings. The maximum absolute atomic E-state index is 11.9. The van der Waals surface area contributed by atoms with Gasteiger partial charge in [0.15, 0.2) is 0 Å². The third-order valence-corrected chi connectivity index (χ3v) is 3.39. The summed E-state index contributed by atoms with van der Waals surface area (Å²) in [5.74, 6) is -0.196. The van der Waals surface area contributed by atoms with Crippen molar-refractivity contribution in [1.82, 2.24) is 10.3 Å².